The lowest BCUT2D eigenvalue weighted by atomic mass is 10.2. The zero-order valence-electron chi connectivity index (χ0n) is 11.6. The second-order valence-electron chi connectivity index (χ2n) is 4.37. The lowest BCUT2D eigenvalue weighted by molar-refractivity contribution is 0.112. The summed E-state index contributed by atoms with van der Waals surface area (Å²) in [4.78, 5) is 10.9. The highest BCUT2D eigenvalue weighted by atomic mass is 35.5. The molecule has 21 heavy (non-hydrogen) atoms. The fourth-order valence-electron chi connectivity index (χ4n) is 1.90. The first-order chi connectivity index (χ1) is 10.2. The Balaban J connectivity index is 2.26. The summed E-state index contributed by atoms with van der Waals surface area (Å²) in [7, 11) is 0. The normalized spacial score (nSPS) is 10.2. The van der Waals surface area contributed by atoms with Gasteiger partial charge in [0, 0.05) is 16.1 Å². The first-order valence-electron chi connectivity index (χ1n) is 6.53. The van der Waals surface area contributed by atoms with E-state index in [1.807, 2.05) is 25.1 Å². The third kappa shape index (κ3) is 3.67. The lowest BCUT2D eigenvalue weighted by Gasteiger charge is -2.15. The molecule has 0 amide bonds. The standard InChI is InChI=1S/C16H16ClNO3/c1-2-20-15-8-11(9-19)7-14(18)16(15)21-10-12-5-3-4-6-13(12)17/h3-9H,2,10,18H2,1H3. The molecule has 0 bridgehead atoms. The minimum absolute atomic E-state index is 0.268. The van der Waals surface area contributed by atoms with Gasteiger partial charge in [0.1, 0.15) is 12.9 Å². The van der Waals surface area contributed by atoms with Crippen molar-refractivity contribution in [1.29, 1.82) is 0 Å². The van der Waals surface area contributed by atoms with E-state index in [4.69, 9.17) is 26.8 Å². The van der Waals surface area contributed by atoms with E-state index in [0.717, 1.165) is 11.8 Å². The van der Waals surface area contributed by atoms with Crippen LogP contribution in [0.2, 0.25) is 5.02 Å². The van der Waals surface area contributed by atoms with Crippen molar-refractivity contribution in [3.63, 3.8) is 0 Å². The molecular formula is C16H16ClNO3. The van der Waals surface area contributed by atoms with Crippen LogP contribution >= 0.6 is 11.6 Å². The van der Waals surface area contributed by atoms with E-state index in [-0.39, 0.29) is 6.61 Å². The summed E-state index contributed by atoms with van der Waals surface area (Å²) in [6.07, 6.45) is 0.719. The van der Waals surface area contributed by atoms with Crippen molar-refractivity contribution >= 4 is 23.6 Å². The molecule has 0 atom stereocenters. The summed E-state index contributed by atoms with van der Waals surface area (Å²) < 4.78 is 11.2. The summed E-state index contributed by atoms with van der Waals surface area (Å²) in [5.74, 6) is 0.869. The highest BCUT2D eigenvalue weighted by molar-refractivity contribution is 6.31. The fourth-order valence-corrected chi connectivity index (χ4v) is 2.09. The van der Waals surface area contributed by atoms with E-state index < -0.39 is 0 Å². The van der Waals surface area contributed by atoms with Gasteiger partial charge in [-0.3, -0.25) is 4.79 Å². The highest BCUT2D eigenvalue weighted by Crippen LogP contribution is 2.35. The Kier molecular flexibility index (Phi) is 5.06. The van der Waals surface area contributed by atoms with Crippen LogP contribution in [-0.2, 0) is 6.61 Å². The largest absolute Gasteiger partial charge is 0.490 e. The van der Waals surface area contributed by atoms with Crippen molar-refractivity contribution in [2.75, 3.05) is 12.3 Å². The van der Waals surface area contributed by atoms with Crippen LogP contribution in [0.15, 0.2) is 36.4 Å². The van der Waals surface area contributed by atoms with Gasteiger partial charge in [-0.2, -0.15) is 0 Å². The molecular weight excluding hydrogens is 290 g/mol. The van der Waals surface area contributed by atoms with Crippen LogP contribution in [0.5, 0.6) is 11.5 Å². The van der Waals surface area contributed by atoms with Gasteiger partial charge in [0.05, 0.1) is 12.3 Å². The quantitative estimate of drug-likeness (QED) is 0.653. The van der Waals surface area contributed by atoms with Gasteiger partial charge < -0.3 is 15.2 Å². The number of nitrogens with two attached hydrogens (primary N) is 1. The third-order valence-corrected chi connectivity index (χ3v) is 3.24. The summed E-state index contributed by atoms with van der Waals surface area (Å²) in [5, 5.41) is 0.624. The van der Waals surface area contributed by atoms with Gasteiger partial charge in [-0.15, -0.1) is 0 Å². The maximum Gasteiger partial charge on any atom is 0.184 e. The molecule has 4 nitrogen and oxygen atoms in total. The Morgan fingerprint density at radius 3 is 2.67 bits per heavy atom. The second-order valence-corrected chi connectivity index (χ2v) is 4.78. The monoisotopic (exact) mass is 305 g/mol. The average Bonchev–Trinajstić information content (AvgIpc) is 2.48. The molecule has 0 saturated carbocycles. The Bertz CT molecular complexity index is 643. The van der Waals surface area contributed by atoms with Crippen LogP contribution in [0.4, 0.5) is 5.69 Å². The minimum atomic E-state index is 0.268. The zero-order chi connectivity index (χ0) is 15.2. The maximum absolute atomic E-state index is 10.9. The topological polar surface area (TPSA) is 61.5 Å². The van der Waals surface area contributed by atoms with Gasteiger partial charge in [-0.1, -0.05) is 29.8 Å². The van der Waals surface area contributed by atoms with Gasteiger partial charge in [-0.25, -0.2) is 0 Å². The molecule has 0 unspecified atom stereocenters. The molecule has 2 aromatic carbocycles. The van der Waals surface area contributed by atoms with Crippen molar-refractivity contribution in [2.24, 2.45) is 0 Å². The van der Waals surface area contributed by atoms with Gasteiger partial charge in [0.15, 0.2) is 11.5 Å². The number of ether oxygens (including phenoxy) is 2. The predicted molar refractivity (Wildman–Crippen MR) is 83.2 cm³/mol. The molecule has 0 aliphatic carbocycles. The number of carbonyl (C=O) groups excluding carboxylic acids is 1. The van der Waals surface area contributed by atoms with Crippen molar-refractivity contribution in [3.8, 4) is 11.5 Å². The lowest BCUT2D eigenvalue weighted by Crippen LogP contribution is -2.04. The average molecular weight is 306 g/mol. The number of hydrogen-bond acceptors (Lipinski definition) is 4. The number of halogens is 1. The van der Waals surface area contributed by atoms with Gasteiger partial charge >= 0.3 is 0 Å². The van der Waals surface area contributed by atoms with Crippen LogP contribution in [0.1, 0.15) is 22.8 Å². The van der Waals surface area contributed by atoms with Crippen molar-refractivity contribution in [1.82, 2.24) is 0 Å². The number of hydrogen-bond donors (Lipinski definition) is 1. The molecule has 2 N–H and O–H groups in total. The van der Waals surface area contributed by atoms with Crippen molar-refractivity contribution in [3.05, 3.63) is 52.5 Å². The summed E-state index contributed by atoms with van der Waals surface area (Å²) in [6, 6.07) is 10.6. The predicted octanol–water partition coefficient (Wildman–Crippen LogP) is 3.71. The molecule has 0 aliphatic heterocycles. The zero-order valence-corrected chi connectivity index (χ0v) is 12.4. The minimum Gasteiger partial charge on any atom is -0.490 e. The number of nitrogen functional groups attached to an aromatic ring is 1. The molecule has 0 saturated heterocycles. The molecule has 0 aromatic heterocycles. The van der Waals surface area contributed by atoms with Gasteiger partial charge in [0.2, 0.25) is 0 Å². The Hall–Kier alpha value is -2.20. The number of rotatable bonds is 6. The summed E-state index contributed by atoms with van der Waals surface area (Å²) in [6.45, 7) is 2.57. The third-order valence-electron chi connectivity index (χ3n) is 2.87. The van der Waals surface area contributed by atoms with Crippen molar-refractivity contribution < 1.29 is 14.3 Å². The molecule has 2 aromatic rings. The first kappa shape index (κ1) is 15.2. The number of anilines is 1. The molecule has 110 valence electrons. The number of aldehydes is 1. The Labute approximate surface area is 128 Å². The van der Waals surface area contributed by atoms with Crippen LogP contribution in [-0.4, -0.2) is 12.9 Å². The van der Waals surface area contributed by atoms with E-state index in [0.29, 0.717) is 34.4 Å². The SMILES string of the molecule is CCOc1cc(C=O)cc(N)c1OCc1ccccc1Cl. The number of benzene rings is 2. The van der Waals surface area contributed by atoms with E-state index in [1.54, 1.807) is 18.2 Å². The summed E-state index contributed by atoms with van der Waals surface area (Å²) >= 11 is 6.09. The maximum atomic E-state index is 10.9. The molecule has 0 fully saturated rings. The first-order valence-corrected chi connectivity index (χ1v) is 6.91. The second kappa shape index (κ2) is 6.99. The smallest absolute Gasteiger partial charge is 0.184 e. The Morgan fingerprint density at radius 2 is 2.00 bits per heavy atom. The summed E-state index contributed by atoms with van der Waals surface area (Å²) in [5.41, 5.74) is 7.58. The number of carbonyl (C=O) groups is 1. The van der Waals surface area contributed by atoms with E-state index in [1.165, 1.54) is 0 Å². The molecule has 5 heteroatoms. The highest BCUT2D eigenvalue weighted by Gasteiger charge is 2.12. The molecule has 0 aliphatic rings. The van der Waals surface area contributed by atoms with Gasteiger partial charge in [-0.05, 0) is 25.1 Å². The molecule has 0 radical (unpaired) electrons. The van der Waals surface area contributed by atoms with Crippen LogP contribution in [0, 0.1) is 0 Å². The molecule has 0 heterocycles. The van der Waals surface area contributed by atoms with Crippen LogP contribution in [0.3, 0.4) is 0 Å². The van der Waals surface area contributed by atoms with Crippen LogP contribution in [0.25, 0.3) is 0 Å². The van der Waals surface area contributed by atoms with E-state index in [9.17, 15) is 4.79 Å². The van der Waals surface area contributed by atoms with E-state index >= 15 is 0 Å². The Morgan fingerprint density at radius 1 is 1.24 bits per heavy atom. The van der Waals surface area contributed by atoms with Gasteiger partial charge in [0.25, 0.3) is 0 Å². The molecule has 2 rings (SSSR count). The molecule has 0 spiro atoms. The van der Waals surface area contributed by atoms with Crippen LogP contribution < -0.4 is 15.2 Å². The fraction of sp³-hybridized carbons (Fsp3) is 0.188. The van der Waals surface area contributed by atoms with Crippen molar-refractivity contribution in [2.45, 2.75) is 13.5 Å². The van der Waals surface area contributed by atoms with E-state index in [2.05, 4.69) is 0 Å².